The van der Waals surface area contributed by atoms with Crippen molar-refractivity contribution in [2.24, 2.45) is 16.7 Å². The average molecular weight is 747 g/mol. The fourth-order valence-corrected chi connectivity index (χ4v) is 7.95. The Morgan fingerprint density at radius 2 is 1.52 bits per heavy atom. The summed E-state index contributed by atoms with van der Waals surface area (Å²) >= 11 is 0. The van der Waals surface area contributed by atoms with Crippen LogP contribution in [0.1, 0.15) is 159 Å². The first kappa shape index (κ1) is 48.8. The first-order chi connectivity index (χ1) is 25.4. The molecule has 6 nitrogen and oxygen atoms in total. The molecule has 2 fully saturated rings. The first-order valence-electron chi connectivity index (χ1n) is 21.5. The predicted molar refractivity (Wildman–Crippen MR) is 240 cm³/mol. The molecule has 308 valence electrons. The molecule has 1 saturated carbocycles. The lowest BCUT2D eigenvalue weighted by atomic mass is 9.74. The second kappa shape index (κ2) is 24.3. The van der Waals surface area contributed by atoms with Gasteiger partial charge in [0.1, 0.15) is 0 Å². The van der Waals surface area contributed by atoms with Gasteiger partial charge in [-0.15, -0.1) is 12.3 Å². The molecule has 0 bridgehead atoms. The molecule has 1 saturated heterocycles. The summed E-state index contributed by atoms with van der Waals surface area (Å²) in [4.78, 5) is 2.53. The number of terminal acetylenes is 1. The van der Waals surface area contributed by atoms with E-state index in [-0.39, 0.29) is 35.0 Å². The van der Waals surface area contributed by atoms with Gasteiger partial charge in [-0.3, -0.25) is 0 Å². The number of rotatable bonds is 24. The molecule has 6 heteroatoms. The number of nitrogens with one attached hydrogen (secondary N) is 5. The summed E-state index contributed by atoms with van der Waals surface area (Å²) in [6.45, 7) is 51.5. The third-order valence-corrected chi connectivity index (χ3v) is 11.6. The highest BCUT2D eigenvalue weighted by Crippen LogP contribution is 2.43. The van der Waals surface area contributed by atoms with E-state index in [1.807, 2.05) is 0 Å². The molecule has 1 aliphatic heterocycles. The van der Waals surface area contributed by atoms with Crippen molar-refractivity contribution in [2.45, 2.75) is 189 Å². The molecule has 0 spiro atoms. The highest BCUT2D eigenvalue weighted by atomic mass is 15.3. The molecule has 0 amide bonds. The second-order valence-corrected chi connectivity index (χ2v) is 17.7. The third-order valence-electron chi connectivity index (χ3n) is 11.6. The average Bonchev–Trinajstić information content (AvgIpc) is 3.38. The van der Waals surface area contributed by atoms with Crippen LogP contribution in [0.5, 0.6) is 0 Å². The molecule has 2 rings (SSSR count). The standard InChI is InChI=1S/C45H78N6.C3H8/c1-16-19-24-40(35(8)36(9)46-29-17-2)48-37(10)41-30-33(6)31-51(41)38(11)43(45(15)27-22-20-21-23-28-45)50-39(12)49-42(44(13,14)18-3)26-25-34(7)47-32(4)5;1-3-2/h1,32-33,40-43,46-50H,7-12,17-31H2,2-6,13-15H3;3H2,1-2H3/t33-,40?,41?,42?,43?;/m1./s1. The van der Waals surface area contributed by atoms with Crippen molar-refractivity contribution in [3.63, 3.8) is 0 Å². The number of hydrogen-bond donors (Lipinski definition) is 5. The van der Waals surface area contributed by atoms with Gasteiger partial charge in [0.05, 0.1) is 23.9 Å². The Morgan fingerprint density at radius 1 is 0.907 bits per heavy atom. The van der Waals surface area contributed by atoms with Gasteiger partial charge in [-0.1, -0.05) is 127 Å². The van der Waals surface area contributed by atoms with Crippen molar-refractivity contribution in [3.05, 3.63) is 73.7 Å². The van der Waals surface area contributed by atoms with Gasteiger partial charge in [0.15, 0.2) is 0 Å². The van der Waals surface area contributed by atoms with Gasteiger partial charge in [-0.25, -0.2) is 0 Å². The van der Waals surface area contributed by atoms with E-state index < -0.39 is 0 Å². The smallest absolute Gasteiger partial charge is 0.0920 e. The molecule has 5 N–H and O–H groups in total. The molecule has 0 aromatic rings. The molecule has 0 radical (unpaired) electrons. The van der Waals surface area contributed by atoms with Crippen LogP contribution in [0.4, 0.5) is 0 Å². The van der Waals surface area contributed by atoms with Gasteiger partial charge in [0.2, 0.25) is 0 Å². The van der Waals surface area contributed by atoms with Crippen molar-refractivity contribution in [1.29, 1.82) is 0 Å². The predicted octanol–water partition coefficient (Wildman–Crippen LogP) is 11.1. The quantitative estimate of drug-likeness (QED) is 0.0385. The van der Waals surface area contributed by atoms with E-state index in [2.05, 4.69) is 140 Å². The number of hydrogen-bond acceptors (Lipinski definition) is 6. The fraction of sp³-hybridized carbons (Fsp3) is 0.708. The van der Waals surface area contributed by atoms with Crippen LogP contribution in [0.3, 0.4) is 0 Å². The van der Waals surface area contributed by atoms with E-state index >= 15 is 0 Å². The number of allylic oxidation sites excluding steroid dienone is 1. The molecule has 4 unspecified atom stereocenters. The van der Waals surface area contributed by atoms with Gasteiger partial charge in [0.25, 0.3) is 0 Å². The summed E-state index contributed by atoms with van der Waals surface area (Å²) in [5.74, 6) is 4.21. The van der Waals surface area contributed by atoms with E-state index in [0.717, 1.165) is 98.6 Å². The molecule has 2 aliphatic rings. The minimum absolute atomic E-state index is 0.0318. The maximum absolute atomic E-state index is 5.73. The SMILES string of the molecule is C#CCCC(NC(=C)C1C[C@@H](C)CN1C(=C)C(NC(=C)NC(CCC(=C)NC(C)C)C(C)(C)CC)C1(C)CCCCCC1)C(=C)C(=C)NCCC.CCC. The minimum atomic E-state index is -0.0422. The summed E-state index contributed by atoms with van der Waals surface area (Å²) in [7, 11) is 0. The number of nitrogens with zero attached hydrogens (tertiary/aromatic N) is 1. The molecule has 1 heterocycles. The van der Waals surface area contributed by atoms with E-state index in [0.29, 0.717) is 18.4 Å². The number of likely N-dealkylation sites (tertiary alicyclic amines) is 1. The van der Waals surface area contributed by atoms with Gasteiger partial charge in [0, 0.05) is 54.4 Å². The van der Waals surface area contributed by atoms with E-state index in [1.165, 1.54) is 32.1 Å². The van der Waals surface area contributed by atoms with E-state index in [9.17, 15) is 0 Å². The zero-order valence-corrected chi connectivity index (χ0v) is 37.0. The Hall–Kier alpha value is -3.20. The first-order valence-corrected chi connectivity index (χ1v) is 21.5. The highest BCUT2D eigenvalue weighted by Gasteiger charge is 2.42. The summed E-state index contributed by atoms with van der Waals surface area (Å²) in [6.07, 6.45) is 20.8. The Balaban J connectivity index is 0.00000469. The van der Waals surface area contributed by atoms with Crippen LogP contribution in [0.25, 0.3) is 0 Å². The minimum Gasteiger partial charge on any atom is -0.387 e. The van der Waals surface area contributed by atoms with E-state index in [4.69, 9.17) is 13.0 Å². The molecule has 54 heavy (non-hydrogen) atoms. The van der Waals surface area contributed by atoms with Gasteiger partial charge < -0.3 is 31.5 Å². The monoisotopic (exact) mass is 747 g/mol. The van der Waals surface area contributed by atoms with Gasteiger partial charge in [-0.2, -0.15) is 0 Å². The maximum atomic E-state index is 5.73. The van der Waals surface area contributed by atoms with Crippen LogP contribution in [-0.2, 0) is 0 Å². The molecule has 0 aromatic carbocycles. The van der Waals surface area contributed by atoms with Gasteiger partial charge >= 0.3 is 0 Å². The summed E-state index contributed by atoms with van der Waals surface area (Å²) in [5, 5.41) is 18.6. The van der Waals surface area contributed by atoms with Crippen molar-refractivity contribution < 1.29 is 0 Å². The van der Waals surface area contributed by atoms with Crippen LogP contribution >= 0.6 is 0 Å². The summed E-state index contributed by atoms with van der Waals surface area (Å²) in [6, 6.07) is 0.716. The summed E-state index contributed by atoms with van der Waals surface area (Å²) in [5.41, 5.74) is 5.15. The van der Waals surface area contributed by atoms with Crippen LogP contribution in [0.15, 0.2) is 73.7 Å². The molecule has 5 atom stereocenters. The normalized spacial score (nSPS) is 19.8. The Kier molecular flexibility index (Phi) is 22.0. The van der Waals surface area contributed by atoms with Crippen LogP contribution in [0.2, 0.25) is 0 Å². The molecular weight excluding hydrogens is 661 g/mol. The van der Waals surface area contributed by atoms with Crippen LogP contribution in [-0.4, -0.2) is 48.2 Å². The van der Waals surface area contributed by atoms with Crippen LogP contribution in [0, 0.1) is 29.1 Å². The molecule has 1 aliphatic carbocycles. The second-order valence-electron chi connectivity index (χ2n) is 17.7. The van der Waals surface area contributed by atoms with Crippen molar-refractivity contribution in [3.8, 4) is 12.3 Å². The van der Waals surface area contributed by atoms with Crippen molar-refractivity contribution in [1.82, 2.24) is 31.5 Å². The molecule has 0 aromatic heterocycles. The third kappa shape index (κ3) is 15.9. The topological polar surface area (TPSA) is 63.4 Å². The van der Waals surface area contributed by atoms with Crippen molar-refractivity contribution in [2.75, 3.05) is 13.1 Å². The Labute approximate surface area is 335 Å². The lowest BCUT2D eigenvalue weighted by Crippen LogP contribution is -2.53. The fourth-order valence-electron chi connectivity index (χ4n) is 7.95. The lowest BCUT2D eigenvalue weighted by molar-refractivity contribution is 0.169. The summed E-state index contributed by atoms with van der Waals surface area (Å²) < 4.78 is 0. The highest BCUT2D eigenvalue weighted by molar-refractivity contribution is 5.31. The largest absolute Gasteiger partial charge is 0.387 e. The van der Waals surface area contributed by atoms with Crippen molar-refractivity contribution >= 4 is 0 Å². The molecular formula is C48H86N6. The lowest BCUT2D eigenvalue weighted by Gasteiger charge is -2.45. The van der Waals surface area contributed by atoms with Gasteiger partial charge in [-0.05, 0) is 87.5 Å². The van der Waals surface area contributed by atoms with Crippen LogP contribution < -0.4 is 26.6 Å². The van der Waals surface area contributed by atoms with E-state index in [1.54, 1.807) is 0 Å². The Morgan fingerprint density at radius 3 is 2.06 bits per heavy atom. The Bertz CT molecular complexity index is 1240. The zero-order chi connectivity index (χ0) is 41.1. The zero-order valence-electron chi connectivity index (χ0n) is 37.0. The maximum Gasteiger partial charge on any atom is 0.0920 e.